The molecule has 1 unspecified atom stereocenters. The number of thiophene rings is 1. The molecule has 2 nitrogen and oxygen atoms in total. The molecule has 1 heterocycles. The van der Waals surface area contributed by atoms with Gasteiger partial charge in [0.05, 0.1) is 6.04 Å². The van der Waals surface area contributed by atoms with Crippen LogP contribution >= 0.6 is 11.3 Å². The second-order valence-corrected chi connectivity index (χ2v) is 6.99. The third-order valence-corrected chi connectivity index (χ3v) is 5.42. The lowest BCUT2D eigenvalue weighted by Crippen LogP contribution is -2.28. The van der Waals surface area contributed by atoms with Crippen LogP contribution in [0.5, 0.6) is 0 Å². The van der Waals surface area contributed by atoms with Crippen LogP contribution in [0.3, 0.4) is 0 Å². The maximum atomic E-state index is 13.7. The lowest BCUT2D eigenvalue weighted by atomic mass is 10.0. The number of rotatable bonds is 3. The van der Waals surface area contributed by atoms with E-state index in [2.05, 4.69) is 11.5 Å². The lowest BCUT2D eigenvalue weighted by Gasteiger charge is -2.15. The van der Waals surface area contributed by atoms with Gasteiger partial charge in [-0.3, -0.25) is 5.84 Å². The van der Waals surface area contributed by atoms with Crippen molar-refractivity contribution in [1.82, 2.24) is 5.43 Å². The van der Waals surface area contributed by atoms with Gasteiger partial charge in [-0.25, -0.2) is 9.82 Å². The summed E-state index contributed by atoms with van der Waals surface area (Å²) in [6, 6.07) is 7.24. The van der Waals surface area contributed by atoms with E-state index in [0.29, 0.717) is 0 Å². The fraction of sp³-hybridized carbons (Fsp3) is 0.412. The van der Waals surface area contributed by atoms with E-state index in [-0.39, 0.29) is 11.9 Å². The van der Waals surface area contributed by atoms with Crippen molar-refractivity contribution >= 4 is 11.3 Å². The quantitative estimate of drug-likeness (QED) is 0.511. The van der Waals surface area contributed by atoms with Crippen LogP contribution in [0.25, 0.3) is 0 Å². The molecule has 1 aliphatic carbocycles. The largest absolute Gasteiger partial charge is 0.271 e. The molecule has 0 bridgehead atoms. The second kappa shape index (κ2) is 6.26. The molecule has 0 amide bonds. The minimum absolute atomic E-state index is 0.128. The molecule has 0 saturated heterocycles. The van der Waals surface area contributed by atoms with Crippen molar-refractivity contribution in [2.24, 2.45) is 5.84 Å². The van der Waals surface area contributed by atoms with Crippen LogP contribution in [0, 0.1) is 12.7 Å². The van der Waals surface area contributed by atoms with Gasteiger partial charge in [-0.2, -0.15) is 0 Å². The first-order valence-electron chi connectivity index (χ1n) is 7.52. The summed E-state index contributed by atoms with van der Waals surface area (Å²) in [6.07, 6.45) is 6.18. The van der Waals surface area contributed by atoms with Gasteiger partial charge in [0, 0.05) is 9.75 Å². The normalized spacial score (nSPS) is 16.3. The summed E-state index contributed by atoms with van der Waals surface area (Å²) < 4.78 is 13.7. The SMILES string of the molecule is Cc1cc(F)cc(C(NN)c2cc3c(s2)CCCCC3)c1. The number of hydrogen-bond acceptors (Lipinski definition) is 3. The summed E-state index contributed by atoms with van der Waals surface area (Å²) >= 11 is 1.82. The number of benzene rings is 1. The zero-order valence-corrected chi connectivity index (χ0v) is 13.1. The third kappa shape index (κ3) is 3.18. The van der Waals surface area contributed by atoms with E-state index >= 15 is 0 Å². The molecular weight excluding hydrogens is 283 g/mol. The number of nitrogens with two attached hydrogens (primary N) is 1. The van der Waals surface area contributed by atoms with Crippen LogP contribution in [0.1, 0.15) is 51.7 Å². The number of halogens is 1. The van der Waals surface area contributed by atoms with E-state index in [4.69, 9.17) is 5.84 Å². The average Bonchev–Trinajstić information content (AvgIpc) is 2.69. The second-order valence-electron chi connectivity index (χ2n) is 5.82. The van der Waals surface area contributed by atoms with E-state index < -0.39 is 0 Å². The summed E-state index contributed by atoms with van der Waals surface area (Å²) in [5.41, 5.74) is 6.13. The monoisotopic (exact) mass is 304 g/mol. The van der Waals surface area contributed by atoms with Crippen LogP contribution in [-0.4, -0.2) is 0 Å². The summed E-state index contributed by atoms with van der Waals surface area (Å²) in [5.74, 6) is 5.55. The minimum Gasteiger partial charge on any atom is -0.271 e. The van der Waals surface area contributed by atoms with Crippen molar-refractivity contribution in [3.05, 3.63) is 56.5 Å². The highest BCUT2D eigenvalue weighted by atomic mass is 32.1. The van der Waals surface area contributed by atoms with Crippen molar-refractivity contribution in [3.8, 4) is 0 Å². The highest BCUT2D eigenvalue weighted by Crippen LogP contribution is 2.34. The predicted octanol–water partition coefficient (Wildman–Crippen LogP) is 4.02. The molecule has 1 aromatic heterocycles. The van der Waals surface area contributed by atoms with Gasteiger partial charge in [0.2, 0.25) is 0 Å². The van der Waals surface area contributed by atoms with E-state index in [1.54, 1.807) is 12.1 Å². The van der Waals surface area contributed by atoms with E-state index in [1.165, 1.54) is 41.0 Å². The standard InChI is InChI=1S/C17H21FN2S/c1-11-7-13(9-14(18)8-11)17(20-19)16-10-12-5-3-2-4-6-15(12)21-16/h7-10,17,20H,2-6,19H2,1H3. The first-order chi connectivity index (χ1) is 10.2. The van der Waals surface area contributed by atoms with Gasteiger partial charge in [-0.05, 0) is 67.5 Å². The Hall–Kier alpha value is -1.23. The molecule has 1 aliphatic rings. The lowest BCUT2D eigenvalue weighted by molar-refractivity contribution is 0.607. The Morgan fingerprint density at radius 1 is 1.14 bits per heavy atom. The molecule has 0 aliphatic heterocycles. The van der Waals surface area contributed by atoms with Crippen molar-refractivity contribution < 1.29 is 4.39 Å². The van der Waals surface area contributed by atoms with Gasteiger partial charge in [-0.1, -0.05) is 12.5 Å². The van der Waals surface area contributed by atoms with Gasteiger partial charge in [0.15, 0.2) is 0 Å². The Bertz CT molecular complexity index is 592. The van der Waals surface area contributed by atoms with Crippen LogP contribution in [0.4, 0.5) is 4.39 Å². The topological polar surface area (TPSA) is 38.0 Å². The fourth-order valence-electron chi connectivity index (χ4n) is 3.11. The maximum absolute atomic E-state index is 13.7. The maximum Gasteiger partial charge on any atom is 0.123 e. The Morgan fingerprint density at radius 2 is 1.95 bits per heavy atom. The molecule has 112 valence electrons. The molecule has 0 saturated carbocycles. The van der Waals surface area contributed by atoms with Gasteiger partial charge in [0.1, 0.15) is 5.82 Å². The van der Waals surface area contributed by atoms with Crippen molar-refractivity contribution in [3.63, 3.8) is 0 Å². The highest BCUT2D eigenvalue weighted by molar-refractivity contribution is 7.12. The zero-order chi connectivity index (χ0) is 14.8. The van der Waals surface area contributed by atoms with Crippen LogP contribution in [0.15, 0.2) is 24.3 Å². The summed E-state index contributed by atoms with van der Waals surface area (Å²) in [5, 5.41) is 0. The smallest absolute Gasteiger partial charge is 0.123 e. The fourth-order valence-corrected chi connectivity index (χ4v) is 4.45. The number of fused-ring (bicyclic) bond motifs is 1. The molecule has 21 heavy (non-hydrogen) atoms. The number of nitrogens with one attached hydrogen (secondary N) is 1. The van der Waals surface area contributed by atoms with Crippen LogP contribution in [-0.2, 0) is 12.8 Å². The van der Waals surface area contributed by atoms with Crippen molar-refractivity contribution in [2.75, 3.05) is 0 Å². The Morgan fingerprint density at radius 3 is 2.71 bits per heavy atom. The van der Waals surface area contributed by atoms with Gasteiger partial charge < -0.3 is 0 Å². The van der Waals surface area contributed by atoms with Gasteiger partial charge in [0.25, 0.3) is 0 Å². The summed E-state index contributed by atoms with van der Waals surface area (Å²) in [7, 11) is 0. The van der Waals surface area contributed by atoms with E-state index in [1.807, 2.05) is 24.3 Å². The highest BCUT2D eigenvalue weighted by Gasteiger charge is 2.20. The summed E-state index contributed by atoms with van der Waals surface area (Å²) in [6.45, 7) is 1.91. The van der Waals surface area contributed by atoms with Crippen LogP contribution < -0.4 is 11.3 Å². The van der Waals surface area contributed by atoms with E-state index in [0.717, 1.165) is 17.5 Å². The summed E-state index contributed by atoms with van der Waals surface area (Å²) in [4.78, 5) is 2.67. The molecule has 0 spiro atoms. The molecule has 2 aromatic rings. The predicted molar refractivity (Wildman–Crippen MR) is 85.9 cm³/mol. The molecule has 1 aromatic carbocycles. The first kappa shape index (κ1) is 14.7. The molecule has 3 rings (SSSR count). The van der Waals surface area contributed by atoms with Crippen molar-refractivity contribution in [2.45, 2.75) is 45.1 Å². The Labute approximate surface area is 129 Å². The van der Waals surface area contributed by atoms with Gasteiger partial charge in [-0.15, -0.1) is 11.3 Å². The minimum atomic E-state index is -0.205. The molecule has 3 N–H and O–H groups in total. The van der Waals surface area contributed by atoms with Crippen LogP contribution in [0.2, 0.25) is 0 Å². The molecule has 0 fully saturated rings. The first-order valence-corrected chi connectivity index (χ1v) is 8.33. The number of hydrogen-bond donors (Lipinski definition) is 2. The molecule has 1 atom stereocenters. The average molecular weight is 304 g/mol. The Balaban J connectivity index is 1.96. The number of hydrazine groups is 1. The Kier molecular flexibility index (Phi) is 4.38. The molecule has 4 heteroatoms. The van der Waals surface area contributed by atoms with Gasteiger partial charge >= 0.3 is 0 Å². The third-order valence-electron chi connectivity index (χ3n) is 4.11. The number of aryl methyl sites for hydroxylation is 3. The molecule has 0 radical (unpaired) electrons. The van der Waals surface area contributed by atoms with E-state index in [9.17, 15) is 4.39 Å². The van der Waals surface area contributed by atoms with Crippen molar-refractivity contribution in [1.29, 1.82) is 0 Å². The molecular formula is C17H21FN2S. The zero-order valence-electron chi connectivity index (χ0n) is 12.3.